The standard InChI is InChI=1S/C31H33N3O3/c1-22-11-13-23(14-12-22)20-33(18-17-24-19-32-28-9-5-3-7-26(24)28)30(35)21-34(25-15-16-25)31(36)27-8-4-6-10-29(27)37-2/h3-14,19,25,32H,15-18,20-21H2,1-2H3. The number of carbonyl (C=O) groups excluding carboxylic acids is 2. The second-order valence-corrected chi connectivity index (χ2v) is 9.77. The smallest absolute Gasteiger partial charge is 0.258 e. The molecule has 1 heterocycles. The van der Waals surface area contributed by atoms with Crippen molar-refractivity contribution in [2.24, 2.45) is 0 Å². The molecular weight excluding hydrogens is 462 g/mol. The maximum absolute atomic E-state index is 13.8. The van der Waals surface area contributed by atoms with Crippen molar-refractivity contribution in [1.82, 2.24) is 14.8 Å². The number of hydrogen-bond acceptors (Lipinski definition) is 3. The molecule has 1 aromatic heterocycles. The number of para-hydroxylation sites is 2. The van der Waals surface area contributed by atoms with Crippen molar-refractivity contribution < 1.29 is 14.3 Å². The van der Waals surface area contributed by atoms with E-state index >= 15 is 0 Å². The Morgan fingerprint density at radius 2 is 1.70 bits per heavy atom. The van der Waals surface area contributed by atoms with Gasteiger partial charge >= 0.3 is 0 Å². The number of aryl methyl sites for hydroxylation is 1. The van der Waals surface area contributed by atoms with Gasteiger partial charge in [-0.05, 0) is 55.5 Å². The van der Waals surface area contributed by atoms with Gasteiger partial charge in [0.05, 0.1) is 12.7 Å². The summed E-state index contributed by atoms with van der Waals surface area (Å²) in [5.41, 5.74) is 5.03. The average Bonchev–Trinajstić information content (AvgIpc) is 3.69. The summed E-state index contributed by atoms with van der Waals surface area (Å²) in [7, 11) is 1.56. The molecule has 3 aromatic carbocycles. The van der Waals surface area contributed by atoms with Crippen LogP contribution in [0.5, 0.6) is 5.75 Å². The van der Waals surface area contributed by atoms with Gasteiger partial charge in [-0.2, -0.15) is 0 Å². The number of amides is 2. The zero-order valence-electron chi connectivity index (χ0n) is 21.4. The monoisotopic (exact) mass is 495 g/mol. The van der Waals surface area contributed by atoms with Crippen LogP contribution < -0.4 is 4.74 Å². The molecule has 0 saturated heterocycles. The lowest BCUT2D eigenvalue weighted by atomic mass is 10.1. The molecule has 0 aliphatic heterocycles. The van der Waals surface area contributed by atoms with Crippen LogP contribution in [0.3, 0.4) is 0 Å². The summed E-state index contributed by atoms with van der Waals surface area (Å²) < 4.78 is 5.43. The lowest BCUT2D eigenvalue weighted by Gasteiger charge is -2.28. The van der Waals surface area contributed by atoms with Gasteiger partial charge in [-0.3, -0.25) is 9.59 Å². The molecule has 5 rings (SSSR count). The topological polar surface area (TPSA) is 65.6 Å². The van der Waals surface area contributed by atoms with E-state index in [1.807, 2.05) is 35.4 Å². The molecule has 1 aliphatic rings. The Morgan fingerprint density at radius 1 is 0.973 bits per heavy atom. The molecule has 1 aliphatic carbocycles. The third-order valence-corrected chi connectivity index (χ3v) is 7.06. The zero-order chi connectivity index (χ0) is 25.8. The Kier molecular flexibility index (Phi) is 7.26. The first-order valence-electron chi connectivity index (χ1n) is 12.9. The van der Waals surface area contributed by atoms with Crippen LogP contribution in [0.25, 0.3) is 10.9 Å². The molecule has 1 fully saturated rings. The molecule has 4 aromatic rings. The van der Waals surface area contributed by atoms with Gasteiger partial charge in [0.2, 0.25) is 5.91 Å². The van der Waals surface area contributed by atoms with E-state index < -0.39 is 0 Å². The Bertz CT molecular complexity index is 1390. The highest BCUT2D eigenvalue weighted by Gasteiger charge is 2.36. The van der Waals surface area contributed by atoms with E-state index in [2.05, 4.69) is 48.3 Å². The second-order valence-electron chi connectivity index (χ2n) is 9.77. The van der Waals surface area contributed by atoms with Gasteiger partial charge in [-0.25, -0.2) is 0 Å². The minimum absolute atomic E-state index is 0.0458. The fraction of sp³-hybridized carbons (Fsp3) is 0.290. The van der Waals surface area contributed by atoms with Crippen molar-refractivity contribution in [3.8, 4) is 5.75 Å². The summed E-state index contributed by atoms with van der Waals surface area (Å²) in [4.78, 5) is 34.2. The van der Waals surface area contributed by atoms with Crippen LogP contribution in [0, 0.1) is 6.92 Å². The molecule has 0 bridgehead atoms. The van der Waals surface area contributed by atoms with Crippen molar-refractivity contribution in [2.45, 2.75) is 38.8 Å². The normalized spacial score (nSPS) is 12.9. The van der Waals surface area contributed by atoms with Gasteiger partial charge in [-0.1, -0.05) is 60.2 Å². The number of aromatic nitrogens is 1. The predicted molar refractivity (Wildman–Crippen MR) is 146 cm³/mol. The minimum Gasteiger partial charge on any atom is -0.496 e. The molecular formula is C31H33N3O3. The highest BCUT2D eigenvalue weighted by Crippen LogP contribution is 2.30. The maximum Gasteiger partial charge on any atom is 0.258 e. The molecule has 6 nitrogen and oxygen atoms in total. The Morgan fingerprint density at radius 3 is 2.46 bits per heavy atom. The van der Waals surface area contributed by atoms with Crippen LogP contribution in [0.2, 0.25) is 0 Å². The molecule has 6 heteroatoms. The third-order valence-electron chi connectivity index (χ3n) is 7.06. The van der Waals surface area contributed by atoms with E-state index in [9.17, 15) is 9.59 Å². The number of nitrogens with one attached hydrogen (secondary N) is 1. The van der Waals surface area contributed by atoms with Crippen LogP contribution in [-0.2, 0) is 17.8 Å². The van der Waals surface area contributed by atoms with Crippen LogP contribution in [0.4, 0.5) is 0 Å². The number of aromatic amines is 1. The molecule has 1 N–H and O–H groups in total. The third kappa shape index (κ3) is 5.69. The summed E-state index contributed by atoms with van der Waals surface area (Å²) >= 11 is 0. The lowest BCUT2D eigenvalue weighted by molar-refractivity contribution is -0.132. The number of rotatable bonds is 10. The number of fused-ring (bicyclic) bond motifs is 1. The van der Waals surface area contributed by atoms with Crippen LogP contribution in [0.1, 0.15) is 39.9 Å². The van der Waals surface area contributed by atoms with Gasteiger partial charge in [-0.15, -0.1) is 0 Å². The van der Waals surface area contributed by atoms with Crippen LogP contribution in [-0.4, -0.2) is 52.8 Å². The number of nitrogens with zero attached hydrogens (tertiary/aromatic N) is 2. The Labute approximate surface area is 217 Å². The van der Waals surface area contributed by atoms with Crippen LogP contribution >= 0.6 is 0 Å². The number of benzene rings is 3. The van der Waals surface area contributed by atoms with E-state index in [1.54, 1.807) is 24.1 Å². The van der Waals surface area contributed by atoms with Crippen LogP contribution in [0.15, 0.2) is 79.0 Å². The van der Waals surface area contributed by atoms with Gasteiger partial charge < -0.3 is 19.5 Å². The van der Waals surface area contributed by atoms with Gasteiger partial charge in [0.1, 0.15) is 12.3 Å². The van der Waals surface area contributed by atoms with E-state index in [1.165, 1.54) is 16.5 Å². The Hall–Kier alpha value is -4.06. The minimum atomic E-state index is -0.153. The fourth-order valence-electron chi connectivity index (χ4n) is 4.77. The summed E-state index contributed by atoms with van der Waals surface area (Å²) in [5, 5.41) is 1.18. The van der Waals surface area contributed by atoms with E-state index in [4.69, 9.17) is 4.74 Å². The first kappa shape index (κ1) is 24.6. The predicted octanol–water partition coefficient (Wildman–Crippen LogP) is 5.36. The van der Waals surface area contributed by atoms with Crippen molar-refractivity contribution in [3.05, 3.63) is 101 Å². The molecule has 1 saturated carbocycles. The second kappa shape index (κ2) is 10.9. The summed E-state index contributed by atoms with van der Waals surface area (Å²) in [6.45, 7) is 3.18. The number of methoxy groups -OCH3 is 1. The van der Waals surface area contributed by atoms with E-state index in [0.29, 0.717) is 24.4 Å². The molecule has 0 spiro atoms. The quantitative estimate of drug-likeness (QED) is 0.322. The highest BCUT2D eigenvalue weighted by atomic mass is 16.5. The first-order chi connectivity index (χ1) is 18.0. The first-order valence-corrected chi connectivity index (χ1v) is 12.9. The van der Waals surface area contributed by atoms with Crippen molar-refractivity contribution in [1.29, 1.82) is 0 Å². The molecule has 190 valence electrons. The number of ether oxygens (including phenoxy) is 1. The molecule has 0 atom stereocenters. The molecule has 0 radical (unpaired) electrons. The van der Waals surface area contributed by atoms with E-state index in [-0.39, 0.29) is 24.4 Å². The van der Waals surface area contributed by atoms with Gasteiger partial charge in [0.15, 0.2) is 0 Å². The fourth-order valence-corrected chi connectivity index (χ4v) is 4.77. The summed E-state index contributed by atoms with van der Waals surface area (Å²) in [5.74, 6) is 0.331. The van der Waals surface area contributed by atoms with Crippen molar-refractivity contribution in [2.75, 3.05) is 20.2 Å². The summed E-state index contributed by atoms with van der Waals surface area (Å²) in [6, 6.07) is 23.8. The van der Waals surface area contributed by atoms with Crippen molar-refractivity contribution in [3.63, 3.8) is 0 Å². The Balaban J connectivity index is 1.36. The summed E-state index contributed by atoms with van der Waals surface area (Å²) in [6.07, 6.45) is 4.59. The SMILES string of the molecule is COc1ccccc1C(=O)N(CC(=O)N(CCc1c[nH]c2ccccc12)Cc1ccc(C)cc1)C1CC1. The van der Waals surface area contributed by atoms with Crippen molar-refractivity contribution >= 4 is 22.7 Å². The number of hydrogen-bond donors (Lipinski definition) is 1. The number of carbonyl (C=O) groups is 2. The molecule has 37 heavy (non-hydrogen) atoms. The zero-order valence-corrected chi connectivity index (χ0v) is 21.4. The maximum atomic E-state index is 13.8. The molecule has 0 unspecified atom stereocenters. The molecule has 2 amide bonds. The highest BCUT2D eigenvalue weighted by molar-refractivity contribution is 5.99. The largest absolute Gasteiger partial charge is 0.496 e. The van der Waals surface area contributed by atoms with Gasteiger partial charge in [0.25, 0.3) is 5.91 Å². The van der Waals surface area contributed by atoms with Gasteiger partial charge in [0, 0.05) is 36.2 Å². The number of H-pyrrole nitrogens is 1. The lowest BCUT2D eigenvalue weighted by Crippen LogP contribution is -2.44. The van der Waals surface area contributed by atoms with E-state index in [0.717, 1.165) is 30.3 Å². The average molecular weight is 496 g/mol.